The van der Waals surface area contributed by atoms with Crippen LogP contribution in [0.5, 0.6) is 0 Å². The number of aliphatic hydroxyl groups is 1. The molecule has 0 aromatic heterocycles. The fourth-order valence-corrected chi connectivity index (χ4v) is 3.35. The van der Waals surface area contributed by atoms with Gasteiger partial charge in [0, 0.05) is 5.54 Å². The molecule has 88 valence electrons. The van der Waals surface area contributed by atoms with Crippen LogP contribution in [0.2, 0.25) is 0 Å². The summed E-state index contributed by atoms with van der Waals surface area (Å²) in [7, 11) is 0. The van der Waals surface area contributed by atoms with Crippen LogP contribution in [0.3, 0.4) is 0 Å². The van der Waals surface area contributed by atoms with Gasteiger partial charge < -0.3 is 10.4 Å². The maximum Gasteiger partial charge on any atom is 0.0613 e. The topological polar surface area (TPSA) is 32.3 Å². The largest absolute Gasteiger partial charge is 0.394 e. The van der Waals surface area contributed by atoms with Crippen LogP contribution in [0.15, 0.2) is 0 Å². The predicted molar refractivity (Wildman–Crippen MR) is 62.9 cm³/mol. The zero-order valence-electron chi connectivity index (χ0n) is 9.80. The van der Waals surface area contributed by atoms with Crippen LogP contribution in [-0.4, -0.2) is 23.8 Å². The fraction of sp³-hybridized carbons (Fsp3) is 1.00. The van der Waals surface area contributed by atoms with Crippen LogP contribution in [0.4, 0.5) is 0 Å². The van der Waals surface area contributed by atoms with Crippen molar-refractivity contribution in [2.75, 3.05) is 13.2 Å². The molecule has 2 rings (SSSR count). The van der Waals surface area contributed by atoms with Crippen molar-refractivity contribution in [2.24, 2.45) is 5.92 Å². The Bertz CT molecular complexity index is 181. The number of hydrogen-bond donors (Lipinski definition) is 2. The zero-order chi connectivity index (χ0) is 10.6. The van der Waals surface area contributed by atoms with E-state index in [-0.39, 0.29) is 5.54 Å². The first kappa shape index (κ1) is 11.4. The molecule has 1 atom stereocenters. The van der Waals surface area contributed by atoms with E-state index in [1.54, 1.807) is 0 Å². The molecular formula is C13H25NO. The average molecular weight is 211 g/mol. The second-order valence-electron chi connectivity index (χ2n) is 5.53. The van der Waals surface area contributed by atoms with E-state index in [9.17, 15) is 5.11 Å². The Morgan fingerprint density at radius 2 is 1.87 bits per heavy atom. The van der Waals surface area contributed by atoms with Crippen molar-refractivity contribution in [3.8, 4) is 0 Å². The summed E-state index contributed by atoms with van der Waals surface area (Å²) < 4.78 is 0. The number of rotatable bonds is 3. The quantitative estimate of drug-likeness (QED) is 0.751. The van der Waals surface area contributed by atoms with Crippen LogP contribution in [0, 0.1) is 5.92 Å². The summed E-state index contributed by atoms with van der Waals surface area (Å²) in [6.07, 6.45) is 12.0. The number of piperidine rings is 1. The molecule has 2 N–H and O–H groups in total. The molecule has 2 fully saturated rings. The average Bonchev–Trinajstić information content (AvgIpc) is 2.32. The lowest BCUT2D eigenvalue weighted by atomic mass is 9.76. The minimum atomic E-state index is 0.0836. The highest BCUT2D eigenvalue weighted by Gasteiger charge is 2.33. The van der Waals surface area contributed by atoms with Crippen molar-refractivity contribution in [3.63, 3.8) is 0 Å². The van der Waals surface area contributed by atoms with Crippen molar-refractivity contribution in [1.29, 1.82) is 0 Å². The molecule has 1 unspecified atom stereocenters. The molecule has 2 aliphatic rings. The van der Waals surface area contributed by atoms with E-state index in [1.165, 1.54) is 57.8 Å². The Morgan fingerprint density at radius 3 is 2.47 bits per heavy atom. The third kappa shape index (κ3) is 2.94. The molecule has 2 nitrogen and oxygen atoms in total. The highest BCUT2D eigenvalue weighted by Crippen LogP contribution is 2.33. The Balaban J connectivity index is 1.87. The van der Waals surface area contributed by atoms with Crippen molar-refractivity contribution >= 4 is 0 Å². The molecule has 1 aliphatic heterocycles. The maximum atomic E-state index is 9.61. The van der Waals surface area contributed by atoms with E-state index < -0.39 is 0 Å². The van der Waals surface area contributed by atoms with Gasteiger partial charge in [0.15, 0.2) is 0 Å². The van der Waals surface area contributed by atoms with Gasteiger partial charge in [-0.05, 0) is 31.7 Å². The van der Waals surface area contributed by atoms with Crippen LogP contribution in [0.1, 0.15) is 57.8 Å². The Labute approximate surface area is 93.5 Å². The Hall–Kier alpha value is -0.0800. The van der Waals surface area contributed by atoms with Crippen LogP contribution < -0.4 is 5.32 Å². The molecule has 0 spiro atoms. The van der Waals surface area contributed by atoms with Crippen LogP contribution in [0.25, 0.3) is 0 Å². The molecule has 2 heteroatoms. The highest BCUT2D eigenvalue weighted by atomic mass is 16.3. The summed E-state index contributed by atoms with van der Waals surface area (Å²) in [6.45, 7) is 1.44. The van der Waals surface area contributed by atoms with Crippen molar-refractivity contribution in [1.82, 2.24) is 5.32 Å². The van der Waals surface area contributed by atoms with Gasteiger partial charge in [0.2, 0.25) is 0 Å². The van der Waals surface area contributed by atoms with Crippen molar-refractivity contribution < 1.29 is 5.11 Å². The van der Waals surface area contributed by atoms with Gasteiger partial charge in [0.25, 0.3) is 0 Å². The minimum Gasteiger partial charge on any atom is -0.394 e. The van der Waals surface area contributed by atoms with Gasteiger partial charge in [-0.2, -0.15) is 0 Å². The summed E-state index contributed by atoms with van der Waals surface area (Å²) in [6, 6.07) is 0. The second-order valence-corrected chi connectivity index (χ2v) is 5.53. The zero-order valence-corrected chi connectivity index (χ0v) is 9.80. The first-order valence-electron chi connectivity index (χ1n) is 6.71. The Morgan fingerprint density at radius 1 is 1.07 bits per heavy atom. The van der Waals surface area contributed by atoms with E-state index in [1.807, 2.05) is 0 Å². The molecule has 1 saturated heterocycles. The molecule has 1 heterocycles. The molecule has 15 heavy (non-hydrogen) atoms. The van der Waals surface area contributed by atoms with Gasteiger partial charge in [-0.15, -0.1) is 0 Å². The van der Waals surface area contributed by atoms with E-state index >= 15 is 0 Å². The van der Waals surface area contributed by atoms with Crippen molar-refractivity contribution in [3.05, 3.63) is 0 Å². The molecule has 0 aromatic rings. The number of hydrogen-bond acceptors (Lipinski definition) is 2. The fourth-order valence-electron chi connectivity index (χ4n) is 3.35. The predicted octanol–water partition coefficient (Wildman–Crippen LogP) is 2.46. The third-order valence-electron chi connectivity index (χ3n) is 4.29. The normalized spacial score (nSPS) is 34.2. The van der Waals surface area contributed by atoms with Crippen LogP contribution >= 0.6 is 0 Å². The van der Waals surface area contributed by atoms with Crippen molar-refractivity contribution in [2.45, 2.75) is 63.3 Å². The van der Waals surface area contributed by atoms with Gasteiger partial charge in [-0.25, -0.2) is 0 Å². The summed E-state index contributed by atoms with van der Waals surface area (Å²) in [5.74, 6) is 0.872. The van der Waals surface area contributed by atoms with E-state index in [2.05, 4.69) is 5.32 Å². The molecule has 0 bridgehead atoms. The number of nitrogens with one attached hydrogen (secondary N) is 1. The van der Waals surface area contributed by atoms with E-state index in [0.717, 1.165) is 12.5 Å². The third-order valence-corrected chi connectivity index (χ3v) is 4.29. The first-order chi connectivity index (χ1) is 7.35. The van der Waals surface area contributed by atoms with Gasteiger partial charge >= 0.3 is 0 Å². The lowest BCUT2D eigenvalue weighted by Crippen LogP contribution is -2.52. The standard InChI is InChI=1S/C13H25NO/c15-11-13(8-4-5-9-14-13)10-12-6-2-1-3-7-12/h12,14-15H,1-11H2. The molecular weight excluding hydrogens is 186 g/mol. The SMILES string of the molecule is OCC1(CC2CCCCC2)CCCCN1. The molecule has 0 radical (unpaired) electrons. The molecule has 1 aliphatic carbocycles. The molecule has 0 aromatic carbocycles. The first-order valence-corrected chi connectivity index (χ1v) is 6.71. The monoisotopic (exact) mass is 211 g/mol. The lowest BCUT2D eigenvalue weighted by molar-refractivity contribution is 0.0980. The lowest BCUT2D eigenvalue weighted by Gasteiger charge is -2.40. The maximum absolute atomic E-state index is 9.61. The smallest absolute Gasteiger partial charge is 0.0613 e. The highest BCUT2D eigenvalue weighted by molar-refractivity contribution is 4.92. The van der Waals surface area contributed by atoms with Gasteiger partial charge in [-0.3, -0.25) is 0 Å². The summed E-state index contributed by atoms with van der Waals surface area (Å²) in [5, 5.41) is 13.2. The molecule has 0 amide bonds. The second kappa shape index (κ2) is 5.31. The Kier molecular flexibility index (Phi) is 4.04. The number of aliphatic hydroxyl groups excluding tert-OH is 1. The molecule has 1 saturated carbocycles. The minimum absolute atomic E-state index is 0.0836. The van der Waals surface area contributed by atoms with E-state index in [4.69, 9.17) is 0 Å². The van der Waals surface area contributed by atoms with Gasteiger partial charge in [0.1, 0.15) is 0 Å². The summed E-state index contributed by atoms with van der Waals surface area (Å²) in [4.78, 5) is 0. The van der Waals surface area contributed by atoms with Gasteiger partial charge in [-0.1, -0.05) is 38.5 Å². The van der Waals surface area contributed by atoms with Crippen LogP contribution in [-0.2, 0) is 0 Å². The van der Waals surface area contributed by atoms with E-state index in [0.29, 0.717) is 6.61 Å². The summed E-state index contributed by atoms with van der Waals surface area (Å²) >= 11 is 0. The summed E-state index contributed by atoms with van der Waals surface area (Å²) in [5.41, 5.74) is 0.0836. The van der Waals surface area contributed by atoms with Gasteiger partial charge in [0.05, 0.1) is 6.61 Å².